The molecule has 0 bridgehead atoms. The third-order valence-electron chi connectivity index (χ3n) is 4.23. The van der Waals surface area contributed by atoms with Gasteiger partial charge in [0.05, 0.1) is 15.7 Å². The van der Waals surface area contributed by atoms with E-state index in [4.69, 9.17) is 27.7 Å². The second-order valence-electron chi connectivity index (χ2n) is 5.95. The van der Waals surface area contributed by atoms with E-state index in [0.717, 1.165) is 16.1 Å². The average molecular weight is 405 g/mol. The quantitative estimate of drug-likeness (QED) is 0.557. The van der Waals surface area contributed by atoms with Crippen molar-refractivity contribution in [2.45, 2.75) is 23.5 Å². The number of nitrogens with zero attached hydrogens (tertiary/aromatic N) is 1. The minimum atomic E-state index is -0.160. The Morgan fingerprint density at radius 3 is 2.65 bits per heavy atom. The zero-order valence-electron chi connectivity index (χ0n) is 13.8. The van der Waals surface area contributed by atoms with Gasteiger partial charge >= 0.3 is 0 Å². The van der Waals surface area contributed by atoms with E-state index in [0.29, 0.717) is 33.5 Å². The number of aryl methyl sites for hydroxylation is 1. The van der Waals surface area contributed by atoms with Gasteiger partial charge in [-0.2, -0.15) is 0 Å². The first-order chi connectivity index (χ1) is 12.5. The van der Waals surface area contributed by atoms with Crippen molar-refractivity contribution in [3.05, 3.63) is 63.8 Å². The zero-order valence-corrected chi connectivity index (χ0v) is 16.1. The van der Waals surface area contributed by atoms with Crippen molar-refractivity contribution >= 4 is 46.6 Å². The van der Waals surface area contributed by atoms with Crippen LogP contribution in [0.5, 0.6) is 0 Å². The third-order valence-corrected chi connectivity index (χ3v) is 6.16. The Morgan fingerprint density at radius 2 is 1.88 bits per heavy atom. The number of halogens is 2. The monoisotopic (exact) mass is 404 g/mol. The van der Waals surface area contributed by atoms with Crippen LogP contribution in [0.4, 0.5) is 5.69 Å². The van der Waals surface area contributed by atoms with E-state index in [-0.39, 0.29) is 11.2 Å². The fraction of sp³-hybridized carbons (Fsp3) is 0.158. The Labute approximate surface area is 164 Å². The number of thioether (sulfide) groups is 1. The Morgan fingerprint density at radius 1 is 1.15 bits per heavy atom. The maximum atomic E-state index is 12.4. The zero-order chi connectivity index (χ0) is 18.3. The maximum Gasteiger partial charge on any atom is 0.225 e. The summed E-state index contributed by atoms with van der Waals surface area (Å²) in [5.74, 6) is 0.602. The molecule has 1 atom stereocenters. The van der Waals surface area contributed by atoms with E-state index in [9.17, 15) is 4.79 Å². The molecule has 26 heavy (non-hydrogen) atoms. The summed E-state index contributed by atoms with van der Waals surface area (Å²) >= 11 is 14.4. The molecular weight excluding hydrogens is 391 g/mol. The molecule has 0 saturated heterocycles. The van der Waals surface area contributed by atoms with Crippen LogP contribution in [0, 0.1) is 6.92 Å². The van der Waals surface area contributed by atoms with E-state index >= 15 is 0 Å². The van der Waals surface area contributed by atoms with E-state index in [1.54, 1.807) is 30.0 Å². The summed E-state index contributed by atoms with van der Waals surface area (Å²) in [5.41, 5.74) is 2.87. The molecule has 0 unspecified atom stereocenters. The average Bonchev–Trinajstić information content (AvgIpc) is 2.88. The van der Waals surface area contributed by atoms with Gasteiger partial charge in [0.1, 0.15) is 11.5 Å². The van der Waals surface area contributed by atoms with Crippen molar-refractivity contribution in [1.82, 2.24) is 5.16 Å². The van der Waals surface area contributed by atoms with Gasteiger partial charge in [-0.1, -0.05) is 46.6 Å². The molecule has 0 radical (unpaired) electrons. The van der Waals surface area contributed by atoms with E-state index in [1.165, 1.54) is 0 Å². The van der Waals surface area contributed by atoms with Gasteiger partial charge in [-0.25, -0.2) is 0 Å². The summed E-state index contributed by atoms with van der Waals surface area (Å²) in [6.07, 6.45) is 0.302. The molecule has 3 aromatic rings. The highest BCUT2D eigenvalue weighted by molar-refractivity contribution is 7.99. The van der Waals surface area contributed by atoms with Crippen LogP contribution in [0.2, 0.25) is 10.0 Å². The van der Waals surface area contributed by atoms with Crippen molar-refractivity contribution < 1.29 is 9.32 Å². The molecule has 0 spiro atoms. The number of anilines is 1. The number of aromatic nitrogens is 1. The molecule has 0 aliphatic carbocycles. The highest BCUT2D eigenvalue weighted by atomic mass is 35.5. The molecule has 0 saturated carbocycles. The van der Waals surface area contributed by atoms with Crippen molar-refractivity contribution in [1.29, 1.82) is 0 Å². The molecule has 1 aliphatic heterocycles. The molecule has 4 rings (SSSR count). The van der Waals surface area contributed by atoms with Gasteiger partial charge in [0.2, 0.25) is 5.91 Å². The van der Waals surface area contributed by atoms with Crippen molar-refractivity contribution in [3.8, 4) is 11.3 Å². The van der Waals surface area contributed by atoms with Crippen LogP contribution >= 0.6 is 35.0 Å². The summed E-state index contributed by atoms with van der Waals surface area (Å²) < 4.78 is 5.46. The van der Waals surface area contributed by atoms with Gasteiger partial charge < -0.3 is 9.84 Å². The van der Waals surface area contributed by atoms with Crippen LogP contribution in [0.3, 0.4) is 0 Å². The number of rotatable bonds is 2. The second-order valence-corrected chi connectivity index (χ2v) is 8.01. The molecule has 2 heterocycles. The first-order valence-corrected chi connectivity index (χ1v) is 9.64. The van der Waals surface area contributed by atoms with Crippen LogP contribution in [-0.2, 0) is 4.79 Å². The van der Waals surface area contributed by atoms with Crippen molar-refractivity contribution in [3.63, 3.8) is 0 Å². The normalized spacial score (nSPS) is 16.7. The molecule has 7 heteroatoms. The molecule has 4 nitrogen and oxygen atoms in total. The van der Waals surface area contributed by atoms with Crippen LogP contribution in [0.15, 0.2) is 51.9 Å². The smallest absolute Gasteiger partial charge is 0.225 e. The lowest BCUT2D eigenvalue weighted by molar-refractivity contribution is -0.116. The van der Waals surface area contributed by atoms with Gasteiger partial charge in [-0.3, -0.25) is 4.79 Å². The predicted molar refractivity (Wildman–Crippen MR) is 105 cm³/mol. The summed E-state index contributed by atoms with van der Waals surface area (Å²) in [6.45, 7) is 1.84. The number of carbonyl (C=O) groups is 1. The highest BCUT2D eigenvalue weighted by Crippen LogP contribution is 2.48. The minimum Gasteiger partial charge on any atom is -0.361 e. The summed E-state index contributed by atoms with van der Waals surface area (Å²) in [6, 6.07) is 13.0. The predicted octanol–water partition coefficient (Wildman–Crippen LogP) is 6.13. The van der Waals surface area contributed by atoms with Gasteiger partial charge in [0.25, 0.3) is 0 Å². The highest BCUT2D eigenvalue weighted by Gasteiger charge is 2.31. The molecule has 0 fully saturated rings. The van der Waals surface area contributed by atoms with Gasteiger partial charge in [0.15, 0.2) is 0 Å². The van der Waals surface area contributed by atoms with Crippen LogP contribution < -0.4 is 5.32 Å². The first-order valence-electron chi connectivity index (χ1n) is 8.00. The topological polar surface area (TPSA) is 55.1 Å². The molecule has 132 valence electrons. The number of para-hydroxylation sites is 1. The molecular formula is C19H14Cl2N2O2S. The number of nitrogens with one attached hydrogen (secondary N) is 1. The SMILES string of the molecule is Cc1onc(-c2c(Cl)cccc2Cl)c1[C@@H]1CC(=O)Nc2ccccc2S1. The van der Waals surface area contributed by atoms with Gasteiger partial charge in [0, 0.05) is 27.7 Å². The van der Waals surface area contributed by atoms with Crippen LogP contribution in [-0.4, -0.2) is 11.1 Å². The van der Waals surface area contributed by atoms with Crippen LogP contribution in [0.25, 0.3) is 11.3 Å². The number of hydrogen-bond donors (Lipinski definition) is 1. The first kappa shape index (κ1) is 17.5. The fourth-order valence-corrected chi connectivity index (χ4v) is 4.98. The summed E-state index contributed by atoms with van der Waals surface area (Å²) in [5, 5.41) is 7.99. The maximum absolute atomic E-state index is 12.4. The molecule has 1 amide bonds. The van der Waals surface area contributed by atoms with Crippen molar-refractivity contribution in [2.75, 3.05) is 5.32 Å². The minimum absolute atomic E-state index is 0.0516. The van der Waals surface area contributed by atoms with Gasteiger partial charge in [-0.15, -0.1) is 11.8 Å². The Kier molecular flexibility index (Phi) is 4.69. The molecule has 1 aliphatic rings. The number of fused-ring (bicyclic) bond motifs is 1. The van der Waals surface area contributed by atoms with Crippen LogP contribution in [0.1, 0.15) is 23.0 Å². The molecule has 2 aromatic carbocycles. The van der Waals surface area contributed by atoms with E-state index in [2.05, 4.69) is 10.5 Å². The number of hydrogen-bond acceptors (Lipinski definition) is 4. The number of amides is 1. The fourth-order valence-electron chi connectivity index (χ4n) is 3.06. The number of benzene rings is 2. The Hall–Kier alpha value is -1.95. The van der Waals surface area contributed by atoms with Gasteiger partial charge in [-0.05, 0) is 31.2 Å². The van der Waals surface area contributed by atoms with E-state index in [1.807, 2.05) is 31.2 Å². The van der Waals surface area contributed by atoms with E-state index < -0.39 is 0 Å². The lowest BCUT2D eigenvalue weighted by Crippen LogP contribution is -2.12. The Bertz CT molecular complexity index is 983. The molecule has 1 aromatic heterocycles. The number of carbonyl (C=O) groups excluding carboxylic acids is 1. The van der Waals surface area contributed by atoms with Crippen molar-refractivity contribution in [2.24, 2.45) is 0 Å². The lowest BCUT2D eigenvalue weighted by atomic mass is 10.0. The standard InChI is InChI=1S/C19H14Cl2N2O2S/c1-10-17(19(23-25-10)18-11(20)5-4-6-12(18)21)15-9-16(24)22-13-7-2-3-8-14(13)26-15/h2-8,15H,9H2,1H3,(H,22,24)/t15-/m0/s1. The summed E-state index contributed by atoms with van der Waals surface area (Å²) in [4.78, 5) is 13.4. The third kappa shape index (κ3) is 3.11. The summed E-state index contributed by atoms with van der Waals surface area (Å²) in [7, 11) is 0. The Balaban J connectivity index is 1.84. The second kappa shape index (κ2) is 6.99. The molecule has 1 N–H and O–H groups in total. The lowest BCUT2D eigenvalue weighted by Gasteiger charge is -2.15. The largest absolute Gasteiger partial charge is 0.361 e.